The summed E-state index contributed by atoms with van der Waals surface area (Å²) in [4.78, 5) is 0. The van der Waals surface area contributed by atoms with Crippen LogP contribution in [0.4, 0.5) is 0 Å². The van der Waals surface area contributed by atoms with Crippen LogP contribution in [0.25, 0.3) is 11.1 Å². The summed E-state index contributed by atoms with van der Waals surface area (Å²) in [7, 11) is 0. The van der Waals surface area contributed by atoms with Crippen molar-refractivity contribution in [3.8, 4) is 11.1 Å². The minimum Gasteiger partial charge on any atom is -1.00 e. The number of hydrogen-bond donors (Lipinski definition) is 0. The summed E-state index contributed by atoms with van der Waals surface area (Å²) in [5.74, 6) is 0.333. The molecule has 3 heteroatoms. The van der Waals surface area contributed by atoms with Crippen molar-refractivity contribution in [2.45, 2.75) is 61.9 Å². The first-order valence-corrected chi connectivity index (χ1v) is 17.2. The SMILES string of the molecule is CC(C)(C)c1ccc2c(c1)[CH]([Zr+2]=[C](c1ccccc1)c1ccccc1)c1c-2ccc(C(C)(C)C)c1C1C=CC=C1.[Cl-].[Cl-]. The zero-order chi connectivity index (χ0) is 28.1. The minimum atomic E-state index is -1.21. The topological polar surface area (TPSA) is 0 Å². The first-order chi connectivity index (χ1) is 19.1. The van der Waals surface area contributed by atoms with Gasteiger partial charge in [-0.1, -0.05) is 0 Å². The molecule has 4 aromatic carbocycles. The van der Waals surface area contributed by atoms with Crippen LogP contribution >= 0.6 is 0 Å². The van der Waals surface area contributed by atoms with Crippen molar-refractivity contribution in [1.29, 1.82) is 0 Å². The van der Waals surface area contributed by atoms with E-state index in [1.807, 2.05) is 0 Å². The predicted octanol–water partition coefficient (Wildman–Crippen LogP) is 3.92. The van der Waals surface area contributed by atoms with Crippen LogP contribution in [0.1, 0.15) is 90.0 Å². The van der Waals surface area contributed by atoms with E-state index in [0.29, 0.717) is 9.54 Å². The Bertz CT molecular complexity index is 1600. The van der Waals surface area contributed by atoms with Gasteiger partial charge < -0.3 is 24.8 Å². The van der Waals surface area contributed by atoms with Gasteiger partial charge in [-0.15, -0.1) is 0 Å². The first-order valence-electron chi connectivity index (χ1n) is 14.5. The number of fused-ring (bicyclic) bond motifs is 3. The molecule has 0 nitrogen and oxygen atoms in total. The van der Waals surface area contributed by atoms with Crippen LogP contribution in [0.5, 0.6) is 0 Å². The molecule has 0 bridgehead atoms. The fourth-order valence-electron chi connectivity index (χ4n) is 6.33. The molecule has 0 N–H and O–H groups in total. The molecular weight excluding hydrogens is 631 g/mol. The molecule has 2 aliphatic rings. The molecule has 0 saturated heterocycles. The van der Waals surface area contributed by atoms with Crippen molar-refractivity contribution >= 4 is 3.21 Å². The maximum atomic E-state index is 2.56. The van der Waals surface area contributed by atoms with Crippen LogP contribution in [0.15, 0.2) is 115 Å². The summed E-state index contributed by atoms with van der Waals surface area (Å²) < 4.78 is 2.03. The van der Waals surface area contributed by atoms with Crippen molar-refractivity contribution in [3.05, 3.63) is 154 Å². The van der Waals surface area contributed by atoms with Gasteiger partial charge in [0.25, 0.3) is 0 Å². The van der Waals surface area contributed by atoms with Gasteiger partial charge in [0.2, 0.25) is 0 Å². The number of halogens is 2. The minimum absolute atomic E-state index is 0. The average Bonchev–Trinajstić information content (AvgIpc) is 3.58. The van der Waals surface area contributed by atoms with Crippen LogP contribution in [0.3, 0.4) is 0 Å². The third kappa shape index (κ3) is 6.17. The van der Waals surface area contributed by atoms with E-state index < -0.39 is 22.8 Å². The Morgan fingerprint density at radius 3 is 1.67 bits per heavy atom. The Hall–Kier alpha value is -2.31. The van der Waals surface area contributed by atoms with Gasteiger partial charge in [-0.3, -0.25) is 0 Å². The first kappa shape index (κ1) is 32.6. The normalized spacial score (nSPS) is 15.3. The molecular formula is C39H39Cl2Zr. The molecule has 0 aliphatic heterocycles. The monoisotopic (exact) mass is 667 g/mol. The summed E-state index contributed by atoms with van der Waals surface area (Å²) in [6.45, 7) is 14.2. The van der Waals surface area contributed by atoms with Crippen molar-refractivity contribution in [2.75, 3.05) is 0 Å². The van der Waals surface area contributed by atoms with E-state index >= 15 is 0 Å². The van der Waals surface area contributed by atoms with Crippen LogP contribution < -0.4 is 24.8 Å². The molecule has 2 aliphatic carbocycles. The molecule has 0 amide bonds. The van der Waals surface area contributed by atoms with E-state index in [-0.39, 0.29) is 35.6 Å². The van der Waals surface area contributed by atoms with Crippen LogP contribution in [-0.2, 0) is 33.6 Å². The number of hydrogen-bond acceptors (Lipinski definition) is 0. The largest absolute Gasteiger partial charge is 1.00 e. The van der Waals surface area contributed by atoms with E-state index in [1.54, 1.807) is 19.9 Å². The second kappa shape index (κ2) is 12.7. The maximum absolute atomic E-state index is 2.56. The Kier molecular flexibility index (Phi) is 9.89. The second-order valence-corrected chi connectivity index (χ2v) is 16.6. The molecule has 0 fully saturated rings. The van der Waals surface area contributed by atoms with Crippen LogP contribution in [0.2, 0.25) is 0 Å². The third-order valence-corrected chi connectivity index (χ3v) is 12.7. The third-order valence-electron chi connectivity index (χ3n) is 8.40. The van der Waals surface area contributed by atoms with Gasteiger partial charge >= 0.3 is 253 Å². The van der Waals surface area contributed by atoms with Gasteiger partial charge in [0.05, 0.1) is 0 Å². The van der Waals surface area contributed by atoms with Gasteiger partial charge in [-0.25, -0.2) is 0 Å². The van der Waals surface area contributed by atoms with Crippen molar-refractivity contribution < 1.29 is 47.6 Å². The van der Waals surface area contributed by atoms with Gasteiger partial charge in [0.1, 0.15) is 0 Å². The zero-order valence-corrected chi connectivity index (χ0v) is 29.4. The van der Waals surface area contributed by atoms with Gasteiger partial charge in [0, 0.05) is 0 Å². The number of rotatable bonds is 4. The summed E-state index contributed by atoms with van der Waals surface area (Å²) in [5, 5.41) is 0. The molecule has 42 heavy (non-hydrogen) atoms. The van der Waals surface area contributed by atoms with E-state index in [9.17, 15) is 0 Å². The smallest absolute Gasteiger partial charge is 1.00 e. The predicted molar refractivity (Wildman–Crippen MR) is 168 cm³/mol. The zero-order valence-electron chi connectivity index (χ0n) is 25.4. The summed E-state index contributed by atoms with van der Waals surface area (Å²) in [6.07, 6.45) is 9.26. The Morgan fingerprint density at radius 1 is 0.595 bits per heavy atom. The second-order valence-electron chi connectivity index (χ2n) is 13.3. The molecule has 0 aromatic heterocycles. The fraction of sp³-hybridized carbons (Fsp3) is 0.256. The molecule has 0 heterocycles. The molecule has 4 aromatic rings. The molecule has 1 atom stereocenters. The number of benzene rings is 4. The summed E-state index contributed by atoms with van der Waals surface area (Å²) >= 11 is -1.21. The molecule has 213 valence electrons. The van der Waals surface area contributed by atoms with Gasteiger partial charge in [-0.2, -0.15) is 0 Å². The van der Waals surface area contributed by atoms with E-state index in [2.05, 4.69) is 157 Å². The van der Waals surface area contributed by atoms with E-state index in [1.165, 1.54) is 33.4 Å². The molecule has 0 radical (unpaired) electrons. The average molecular weight is 670 g/mol. The standard InChI is InChI=1S/C26H29.C13H10.2ClH.Zr/c1-25(2,3)19-11-12-20-18(15-19)16-22-21(20)13-14-23(26(4,5)6)24(22)17-9-7-8-10-17;1-3-7-12(8-4-1)11-13-9-5-2-6-10-13;;;/h7-17H,1-6H3;1-10H;2*1H;/q;;;;+2/p-2. The maximum Gasteiger partial charge on any atom is -1.00 e. The van der Waals surface area contributed by atoms with Crippen LogP contribution in [0, 0.1) is 0 Å². The Labute approximate surface area is 276 Å². The van der Waals surface area contributed by atoms with Crippen molar-refractivity contribution in [2.24, 2.45) is 0 Å². The van der Waals surface area contributed by atoms with E-state index in [4.69, 9.17) is 0 Å². The molecule has 1 unspecified atom stereocenters. The molecule has 0 spiro atoms. The van der Waals surface area contributed by atoms with Crippen molar-refractivity contribution in [3.63, 3.8) is 0 Å². The quantitative estimate of drug-likeness (QED) is 0.309. The van der Waals surface area contributed by atoms with E-state index in [0.717, 1.165) is 0 Å². The van der Waals surface area contributed by atoms with Gasteiger partial charge in [0.15, 0.2) is 0 Å². The van der Waals surface area contributed by atoms with Crippen LogP contribution in [-0.4, -0.2) is 3.21 Å². The van der Waals surface area contributed by atoms with Crippen molar-refractivity contribution in [1.82, 2.24) is 0 Å². The fourth-order valence-corrected chi connectivity index (χ4v) is 10.8. The molecule has 6 rings (SSSR count). The number of allylic oxidation sites excluding steroid dienone is 4. The Balaban J connectivity index is 0.00000202. The summed E-state index contributed by atoms with van der Waals surface area (Å²) in [5.41, 5.74) is 13.5. The molecule has 0 saturated carbocycles. The Morgan fingerprint density at radius 2 is 1.14 bits per heavy atom. The van der Waals surface area contributed by atoms with Gasteiger partial charge in [-0.05, 0) is 0 Å². The summed E-state index contributed by atoms with van der Waals surface area (Å²) in [6, 6.07) is 34.6.